The van der Waals surface area contributed by atoms with Crippen LogP contribution in [0.1, 0.15) is 30.7 Å². The van der Waals surface area contributed by atoms with Crippen LogP contribution in [0.25, 0.3) is 11.1 Å². The zero-order valence-corrected chi connectivity index (χ0v) is 9.01. The second-order valence-corrected chi connectivity index (χ2v) is 3.98. The van der Waals surface area contributed by atoms with Gasteiger partial charge in [0.25, 0.3) is 0 Å². The van der Waals surface area contributed by atoms with Crippen molar-refractivity contribution < 1.29 is 4.42 Å². The molecule has 2 nitrogen and oxygen atoms in total. The van der Waals surface area contributed by atoms with Gasteiger partial charge in [-0.15, -0.1) is 11.6 Å². The van der Waals surface area contributed by atoms with E-state index in [9.17, 15) is 0 Å². The fourth-order valence-corrected chi connectivity index (χ4v) is 1.47. The quantitative estimate of drug-likeness (QED) is 0.705. The van der Waals surface area contributed by atoms with Gasteiger partial charge in [-0.2, -0.15) is 0 Å². The smallest absolute Gasteiger partial charge is 0.213 e. The van der Waals surface area contributed by atoms with Crippen molar-refractivity contribution in [2.75, 3.05) is 0 Å². The lowest BCUT2D eigenvalue weighted by Crippen LogP contribution is -1.82. The molecule has 1 aromatic carbocycles. The van der Waals surface area contributed by atoms with E-state index in [2.05, 4.69) is 18.0 Å². The van der Waals surface area contributed by atoms with Gasteiger partial charge in [-0.3, -0.25) is 0 Å². The lowest BCUT2D eigenvalue weighted by molar-refractivity contribution is 0.531. The topological polar surface area (TPSA) is 26.0 Å². The standard InChI is InChI=1S/C11H12ClNO/c1-3-8-4-5-10-9(6-8)13-11(14-10)7(2)12/h4-7H,3H2,1-2H3. The van der Waals surface area contributed by atoms with Gasteiger partial charge in [-0.25, -0.2) is 4.98 Å². The summed E-state index contributed by atoms with van der Waals surface area (Å²) in [4.78, 5) is 4.32. The van der Waals surface area contributed by atoms with Crippen LogP contribution in [0.2, 0.25) is 0 Å². The van der Waals surface area contributed by atoms with Crippen molar-refractivity contribution in [2.24, 2.45) is 0 Å². The van der Waals surface area contributed by atoms with Gasteiger partial charge < -0.3 is 4.42 Å². The van der Waals surface area contributed by atoms with Gasteiger partial charge in [0.05, 0.1) is 0 Å². The van der Waals surface area contributed by atoms with E-state index in [-0.39, 0.29) is 5.38 Å². The van der Waals surface area contributed by atoms with Gasteiger partial charge in [-0.1, -0.05) is 13.0 Å². The number of alkyl halides is 1. The summed E-state index contributed by atoms with van der Waals surface area (Å²) in [6, 6.07) is 6.04. The van der Waals surface area contributed by atoms with Crippen LogP contribution < -0.4 is 0 Å². The number of aryl methyl sites for hydroxylation is 1. The molecule has 0 aliphatic rings. The summed E-state index contributed by atoms with van der Waals surface area (Å²) in [5.41, 5.74) is 2.97. The fourth-order valence-electron chi connectivity index (χ4n) is 1.38. The molecule has 0 fully saturated rings. The number of aromatic nitrogens is 1. The molecule has 2 aromatic rings. The average molecular weight is 210 g/mol. The van der Waals surface area contributed by atoms with Crippen molar-refractivity contribution in [1.82, 2.24) is 4.98 Å². The molecule has 74 valence electrons. The zero-order valence-electron chi connectivity index (χ0n) is 8.25. The first-order valence-electron chi connectivity index (χ1n) is 4.74. The third-order valence-corrected chi connectivity index (χ3v) is 2.40. The molecule has 0 aliphatic heterocycles. The molecular weight excluding hydrogens is 198 g/mol. The van der Waals surface area contributed by atoms with Gasteiger partial charge in [0, 0.05) is 0 Å². The van der Waals surface area contributed by atoms with Gasteiger partial charge in [0.1, 0.15) is 10.9 Å². The monoisotopic (exact) mass is 209 g/mol. The van der Waals surface area contributed by atoms with Crippen molar-refractivity contribution in [2.45, 2.75) is 25.6 Å². The van der Waals surface area contributed by atoms with E-state index in [0.717, 1.165) is 17.5 Å². The summed E-state index contributed by atoms with van der Waals surface area (Å²) in [5.74, 6) is 0.593. The van der Waals surface area contributed by atoms with Gasteiger partial charge >= 0.3 is 0 Å². The van der Waals surface area contributed by atoms with E-state index in [4.69, 9.17) is 16.0 Å². The molecule has 1 heterocycles. The first-order valence-corrected chi connectivity index (χ1v) is 5.17. The molecule has 0 bridgehead atoms. The molecule has 0 spiro atoms. The number of oxazole rings is 1. The van der Waals surface area contributed by atoms with Crippen LogP contribution in [0.5, 0.6) is 0 Å². The fraction of sp³-hybridized carbons (Fsp3) is 0.364. The largest absolute Gasteiger partial charge is 0.439 e. The van der Waals surface area contributed by atoms with Crippen LogP contribution in [-0.2, 0) is 6.42 Å². The number of hydrogen-bond acceptors (Lipinski definition) is 2. The van der Waals surface area contributed by atoms with Crippen molar-refractivity contribution in [3.63, 3.8) is 0 Å². The number of hydrogen-bond donors (Lipinski definition) is 0. The Morgan fingerprint density at radius 2 is 2.29 bits per heavy atom. The van der Waals surface area contributed by atoms with E-state index in [0.29, 0.717) is 5.89 Å². The number of benzene rings is 1. The molecule has 0 saturated carbocycles. The van der Waals surface area contributed by atoms with Crippen LogP contribution in [0, 0.1) is 0 Å². The summed E-state index contributed by atoms with van der Waals surface area (Å²) >= 11 is 5.89. The lowest BCUT2D eigenvalue weighted by atomic mass is 10.1. The molecule has 0 radical (unpaired) electrons. The SMILES string of the molecule is CCc1ccc2oc(C(C)Cl)nc2c1. The Labute approximate surface area is 87.9 Å². The average Bonchev–Trinajstić information content (AvgIpc) is 2.59. The van der Waals surface area contributed by atoms with Gasteiger partial charge in [-0.05, 0) is 31.0 Å². The molecule has 1 atom stereocenters. The summed E-state index contributed by atoms with van der Waals surface area (Å²) in [7, 11) is 0. The molecule has 1 aromatic heterocycles. The van der Waals surface area contributed by atoms with Crippen molar-refractivity contribution >= 4 is 22.7 Å². The first-order chi connectivity index (χ1) is 6.70. The molecule has 0 amide bonds. The number of fused-ring (bicyclic) bond motifs is 1. The summed E-state index contributed by atoms with van der Waals surface area (Å²) in [5, 5.41) is -0.174. The maximum atomic E-state index is 5.89. The maximum Gasteiger partial charge on any atom is 0.213 e. The normalized spacial score (nSPS) is 13.4. The Morgan fingerprint density at radius 1 is 1.50 bits per heavy atom. The number of nitrogens with zero attached hydrogens (tertiary/aromatic N) is 1. The van der Waals surface area contributed by atoms with Crippen LogP contribution in [-0.4, -0.2) is 4.98 Å². The number of rotatable bonds is 2. The Bertz CT molecular complexity index is 447. The first kappa shape index (κ1) is 9.53. The van der Waals surface area contributed by atoms with E-state index in [1.54, 1.807) is 0 Å². The maximum absolute atomic E-state index is 5.89. The van der Waals surface area contributed by atoms with Crippen molar-refractivity contribution in [1.29, 1.82) is 0 Å². The molecule has 2 rings (SSSR count). The van der Waals surface area contributed by atoms with Crippen LogP contribution in [0.4, 0.5) is 0 Å². The highest BCUT2D eigenvalue weighted by molar-refractivity contribution is 6.20. The number of halogens is 1. The summed E-state index contributed by atoms with van der Waals surface area (Å²) in [6.45, 7) is 3.97. The van der Waals surface area contributed by atoms with Crippen LogP contribution in [0.3, 0.4) is 0 Å². The minimum atomic E-state index is -0.174. The van der Waals surface area contributed by atoms with Gasteiger partial charge in [0.15, 0.2) is 5.58 Å². The Hall–Kier alpha value is -1.02. The summed E-state index contributed by atoms with van der Waals surface area (Å²) in [6.07, 6.45) is 1.01. The predicted molar refractivity (Wildman–Crippen MR) is 57.7 cm³/mol. The Morgan fingerprint density at radius 3 is 2.93 bits per heavy atom. The Balaban J connectivity index is 2.54. The minimum Gasteiger partial charge on any atom is -0.439 e. The van der Waals surface area contributed by atoms with E-state index >= 15 is 0 Å². The molecule has 14 heavy (non-hydrogen) atoms. The Kier molecular flexibility index (Phi) is 2.46. The molecule has 0 aliphatic carbocycles. The molecule has 0 saturated heterocycles. The second-order valence-electron chi connectivity index (χ2n) is 3.32. The highest BCUT2D eigenvalue weighted by Gasteiger charge is 2.10. The predicted octanol–water partition coefficient (Wildman–Crippen LogP) is 3.69. The highest BCUT2D eigenvalue weighted by atomic mass is 35.5. The van der Waals surface area contributed by atoms with E-state index in [1.807, 2.05) is 19.1 Å². The van der Waals surface area contributed by atoms with Crippen molar-refractivity contribution in [3.05, 3.63) is 29.7 Å². The zero-order chi connectivity index (χ0) is 10.1. The highest BCUT2D eigenvalue weighted by Crippen LogP contribution is 2.24. The van der Waals surface area contributed by atoms with Crippen molar-refractivity contribution in [3.8, 4) is 0 Å². The minimum absolute atomic E-state index is 0.174. The molecule has 3 heteroatoms. The lowest BCUT2D eigenvalue weighted by Gasteiger charge is -1.92. The van der Waals surface area contributed by atoms with Crippen LogP contribution in [0.15, 0.2) is 22.6 Å². The second kappa shape index (κ2) is 3.62. The third-order valence-electron chi connectivity index (χ3n) is 2.22. The molecule has 1 unspecified atom stereocenters. The third kappa shape index (κ3) is 1.62. The van der Waals surface area contributed by atoms with Crippen LogP contribution >= 0.6 is 11.6 Å². The van der Waals surface area contributed by atoms with Gasteiger partial charge in [0.2, 0.25) is 5.89 Å². The molecular formula is C11H12ClNO. The molecule has 0 N–H and O–H groups in total. The summed E-state index contributed by atoms with van der Waals surface area (Å²) < 4.78 is 5.49. The van der Waals surface area contributed by atoms with E-state index in [1.165, 1.54) is 5.56 Å². The van der Waals surface area contributed by atoms with E-state index < -0.39 is 0 Å².